The molecule has 0 saturated carbocycles. The summed E-state index contributed by atoms with van der Waals surface area (Å²) in [4.78, 5) is 16.4. The SMILES string of the molecule is CCCCN(CCO)C(=O)c1ccc(C#N)[nH]1. The van der Waals surface area contributed by atoms with Crippen molar-refractivity contribution in [1.29, 1.82) is 5.26 Å². The molecule has 0 bridgehead atoms. The maximum absolute atomic E-state index is 12.0. The minimum atomic E-state index is -0.172. The highest BCUT2D eigenvalue weighted by Gasteiger charge is 2.16. The number of aromatic amines is 1. The van der Waals surface area contributed by atoms with Crippen molar-refractivity contribution in [1.82, 2.24) is 9.88 Å². The number of carbonyl (C=O) groups is 1. The Hall–Kier alpha value is -1.80. The van der Waals surface area contributed by atoms with Gasteiger partial charge in [-0.25, -0.2) is 0 Å². The summed E-state index contributed by atoms with van der Waals surface area (Å²) in [6.45, 7) is 2.93. The molecule has 0 aliphatic heterocycles. The van der Waals surface area contributed by atoms with Crippen LogP contribution in [0.5, 0.6) is 0 Å². The molecule has 0 aliphatic rings. The van der Waals surface area contributed by atoms with Crippen molar-refractivity contribution in [2.24, 2.45) is 0 Å². The van der Waals surface area contributed by atoms with Gasteiger partial charge in [-0.2, -0.15) is 5.26 Å². The number of unbranched alkanes of at least 4 members (excludes halogenated alkanes) is 1. The van der Waals surface area contributed by atoms with Crippen LogP contribution < -0.4 is 0 Å². The van der Waals surface area contributed by atoms with E-state index in [-0.39, 0.29) is 12.5 Å². The van der Waals surface area contributed by atoms with Crippen molar-refractivity contribution >= 4 is 5.91 Å². The molecule has 0 fully saturated rings. The van der Waals surface area contributed by atoms with Gasteiger partial charge in [0.25, 0.3) is 5.91 Å². The average molecular weight is 235 g/mol. The third-order valence-corrected chi connectivity index (χ3v) is 2.48. The lowest BCUT2D eigenvalue weighted by molar-refractivity contribution is 0.0714. The lowest BCUT2D eigenvalue weighted by atomic mass is 10.3. The number of aliphatic hydroxyl groups excluding tert-OH is 1. The van der Waals surface area contributed by atoms with Gasteiger partial charge >= 0.3 is 0 Å². The lowest BCUT2D eigenvalue weighted by Gasteiger charge is -2.20. The van der Waals surface area contributed by atoms with Crippen molar-refractivity contribution < 1.29 is 9.90 Å². The number of rotatable bonds is 6. The molecule has 5 nitrogen and oxygen atoms in total. The number of nitriles is 1. The summed E-state index contributed by atoms with van der Waals surface area (Å²) < 4.78 is 0. The van der Waals surface area contributed by atoms with E-state index in [9.17, 15) is 4.79 Å². The van der Waals surface area contributed by atoms with E-state index in [0.717, 1.165) is 12.8 Å². The van der Waals surface area contributed by atoms with Crippen LogP contribution in [0.3, 0.4) is 0 Å². The molecular weight excluding hydrogens is 218 g/mol. The van der Waals surface area contributed by atoms with Crippen LogP contribution in [0.4, 0.5) is 0 Å². The molecular formula is C12H17N3O2. The van der Waals surface area contributed by atoms with Crippen LogP contribution in [-0.2, 0) is 0 Å². The highest BCUT2D eigenvalue weighted by molar-refractivity contribution is 5.92. The number of H-pyrrole nitrogens is 1. The van der Waals surface area contributed by atoms with Gasteiger partial charge in [-0.05, 0) is 18.6 Å². The number of aromatic nitrogens is 1. The summed E-state index contributed by atoms with van der Waals surface area (Å²) in [7, 11) is 0. The first kappa shape index (κ1) is 13.3. The molecule has 1 rings (SSSR count). The zero-order valence-corrected chi connectivity index (χ0v) is 9.94. The van der Waals surface area contributed by atoms with Crippen LogP contribution in [0.1, 0.15) is 35.9 Å². The fourth-order valence-corrected chi connectivity index (χ4v) is 1.54. The quantitative estimate of drug-likeness (QED) is 0.775. The first-order valence-corrected chi connectivity index (χ1v) is 5.72. The molecule has 1 amide bonds. The molecule has 0 spiro atoms. The van der Waals surface area contributed by atoms with Gasteiger partial charge in [-0.1, -0.05) is 13.3 Å². The first-order chi connectivity index (χ1) is 8.22. The van der Waals surface area contributed by atoms with Crippen LogP contribution in [-0.4, -0.2) is 40.6 Å². The van der Waals surface area contributed by atoms with E-state index >= 15 is 0 Å². The van der Waals surface area contributed by atoms with E-state index in [0.29, 0.717) is 24.5 Å². The molecule has 0 radical (unpaired) electrons. The van der Waals surface area contributed by atoms with Gasteiger partial charge < -0.3 is 15.0 Å². The smallest absolute Gasteiger partial charge is 0.270 e. The van der Waals surface area contributed by atoms with Crippen LogP contribution >= 0.6 is 0 Å². The standard InChI is InChI=1S/C12H17N3O2/c1-2-3-6-15(7-8-16)12(17)11-5-4-10(9-13)14-11/h4-5,14,16H,2-3,6-8H2,1H3. The molecule has 0 unspecified atom stereocenters. The summed E-state index contributed by atoms with van der Waals surface area (Å²) in [5.74, 6) is -0.172. The Balaban J connectivity index is 2.73. The number of amides is 1. The molecule has 1 heterocycles. The topological polar surface area (TPSA) is 80.1 Å². The van der Waals surface area contributed by atoms with E-state index < -0.39 is 0 Å². The Bertz CT molecular complexity index is 406. The van der Waals surface area contributed by atoms with E-state index in [1.165, 1.54) is 0 Å². The summed E-state index contributed by atoms with van der Waals surface area (Å²) >= 11 is 0. The monoisotopic (exact) mass is 235 g/mol. The molecule has 2 N–H and O–H groups in total. The zero-order valence-electron chi connectivity index (χ0n) is 9.94. The normalized spacial score (nSPS) is 9.94. The maximum Gasteiger partial charge on any atom is 0.270 e. The average Bonchev–Trinajstić information content (AvgIpc) is 2.82. The molecule has 92 valence electrons. The zero-order chi connectivity index (χ0) is 12.7. The fraction of sp³-hybridized carbons (Fsp3) is 0.500. The molecule has 5 heteroatoms. The largest absolute Gasteiger partial charge is 0.395 e. The number of carbonyl (C=O) groups excluding carboxylic acids is 1. The van der Waals surface area contributed by atoms with E-state index in [4.69, 9.17) is 10.4 Å². The number of nitrogens with one attached hydrogen (secondary N) is 1. The first-order valence-electron chi connectivity index (χ1n) is 5.72. The molecule has 1 aromatic heterocycles. The van der Waals surface area contributed by atoms with Gasteiger partial charge in [0.1, 0.15) is 17.5 Å². The maximum atomic E-state index is 12.0. The molecule has 0 saturated heterocycles. The van der Waals surface area contributed by atoms with Crippen LogP contribution in [0.2, 0.25) is 0 Å². The molecule has 1 aromatic rings. The number of nitrogens with zero attached hydrogens (tertiary/aromatic N) is 2. The molecule has 0 aliphatic carbocycles. The highest BCUT2D eigenvalue weighted by Crippen LogP contribution is 2.06. The Morgan fingerprint density at radius 3 is 2.82 bits per heavy atom. The van der Waals surface area contributed by atoms with Gasteiger partial charge in [0.05, 0.1) is 6.61 Å². The second-order valence-electron chi connectivity index (χ2n) is 3.77. The Morgan fingerprint density at radius 1 is 1.53 bits per heavy atom. The number of aliphatic hydroxyl groups is 1. The third kappa shape index (κ3) is 3.61. The van der Waals surface area contributed by atoms with Gasteiger partial charge in [0.2, 0.25) is 0 Å². The van der Waals surface area contributed by atoms with Gasteiger partial charge in [0.15, 0.2) is 0 Å². The Labute approximate surface area is 101 Å². The van der Waals surface area contributed by atoms with Crippen molar-refractivity contribution in [3.05, 3.63) is 23.5 Å². The predicted molar refractivity (Wildman–Crippen MR) is 63.4 cm³/mol. The second-order valence-corrected chi connectivity index (χ2v) is 3.77. The van der Waals surface area contributed by atoms with Crippen molar-refractivity contribution in [3.8, 4) is 6.07 Å². The number of hydrogen-bond acceptors (Lipinski definition) is 3. The second kappa shape index (κ2) is 6.71. The lowest BCUT2D eigenvalue weighted by Crippen LogP contribution is -2.34. The van der Waals surface area contributed by atoms with Gasteiger partial charge in [0, 0.05) is 13.1 Å². The minimum absolute atomic E-state index is 0.0543. The van der Waals surface area contributed by atoms with Crippen LogP contribution in [0.15, 0.2) is 12.1 Å². The van der Waals surface area contributed by atoms with Crippen molar-refractivity contribution in [2.45, 2.75) is 19.8 Å². The van der Waals surface area contributed by atoms with Crippen molar-refractivity contribution in [3.63, 3.8) is 0 Å². The van der Waals surface area contributed by atoms with Gasteiger partial charge in [-0.3, -0.25) is 4.79 Å². The van der Waals surface area contributed by atoms with E-state index in [1.807, 2.05) is 13.0 Å². The molecule has 0 atom stereocenters. The summed E-state index contributed by atoms with van der Waals surface area (Å²) in [5, 5.41) is 17.6. The van der Waals surface area contributed by atoms with Crippen molar-refractivity contribution in [2.75, 3.05) is 19.7 Å². The predicted octanol–water partition coefficient (Wildman–Crippen LogP) is 1.12. The Morgan fingerprint density at radius 2 is 2.29 bits per heavy atom. The number of hydrogen-bond donors (Lipinski definition) is 2. The third-order valence-electron chi connectivity index (χ3n) is 2.48. The van der Waals surface area contributed by atoms with Crippen LogP contribution in [0, 0.1) is 11.3 Å². The molecule has 17 heavy (non-hydrogen) atoms. The van der Waals surface area contributed by atoms with Crippen LogP contribution in [0.25, 0.3) is 0 Å². The Kier molecular flexibility index (Phi) is 5.24. The molecule has 0 aromatic carbocycles. The highest BCUT2D eigenvalue weighted by atomic mass is 16.3. The van der Waals surface area contributed by atoms with E-state index in [2.05, 4.69) is 4.98 Å². The summed E-state index contributed by atoms with van der Waals surface area (Å²) in [6.07, 6.45) is 1.89. The van der Waals surface area contributed by atoms with Gasteiger partial charge in [-0.15, -0.1) is 0 Å². The fourth-order valence-electron chi connectivity index (χ4n) is 1.54. The summed E-state index contributed by atoms with van der Waals surface area (Å²) in [6, 6.07) is 5.11. The summed E-state index contributed by atoms with van der Waals surface area (Å²) in [5.41, 5.74) is 0.763. The minimum Gasteiger partial charge on any atom is -0.395 e. The van der Waals surface area contributed by atoms with E-state index in [1.54, 1.807) is 17.0 Å².